The lowest BCUT2D eigenvalue weighted by Crippen LogP contribution is -2.32. The van der Waals surface area contributed by atoms with Crippen molar-refractivity contribution < 1.29 is 29.0 Å². The number of phenols is 1. The molecule has 1 atom stereocenters. The van der Waals surface area contributed by atoms with Crippen LogP contribution in [0.2, 0.25) is 0 Å². The molecule has 0 radical (unpaired) electrons. The summed E-state index contributed by atoms with van der Waals surface area (Å²) in [6, 6.07) is 28.8. The minimum Gasteiger partial charge on any atom is -0.508 e. The van der Waals surface area contributed by atoms with E-state index < -0.39 is 12.0 Å². The van der Waals surface area contributed by atoms with Gasteiger partial charge in [0.1, 0.15) is 23.3 Å². The Morgan fingerprint density at radius 2 is 1.62 bits per heavy atom. The number of rotatable bonds is 12. The lowest BCUT2D eigenvalue weighted by Gasteiger charge is -2.19. The van der Waals surface area contributed by atoms with Gasteiger partial charge in [-0.1, -0.05) is 60.7 Å². The summed E-state index contributed by atoms with van der Waals surface area (Å²) in [6.07, 6.45) is 0.738. The predicted molar refractivity (Wildman–Crippen MR) is 159 cm³/mol. The second kappa shape index (κ2) is 12.9. The zero-order valence-corrected chi connectivity index (χ0v) is 23.0. The summed E-state index contributed by atoms with van der Waals surface area (Å²) < 4.78 is 11.7. The van der Waals surface area contributed by atoms with Gasteiger partial charge in [0.25, 0.3) is 0 Å². The number of carboxylic acids is 1. The van der Waals surface area contributed by atoms with Crippen molar-refractivity contribution in [2.75, 3.05) is 11.9 Å². The van der Waals surface area contributed by atoms with E-state index in [0.717, 1.165) is 22.6 Å². The molecule has 0 amide bonds. The Morgan fingerprint density at radius 3 is 2.31 bits per heavy atom. The second-order valence-electron chi connectivity index (χ2n) is 9.79. The summed E-state index contributed by atoms with van der Waals surface area (Å²) in [7, 11) is 0. The van der Waals surface area contributed by atoms with Crippen LogP contribution in [0.4, 0.5) is 5.69 Å². The first-order chi connectivity index (χ1) is 20.4. The zero-order chi connectivity index (χ0) is 29.5. The van der Waals surface area contributed by atoms with Gasteiger partial charge in [0, 0.05) is 35.2 Å². The Kier molecular flexibility index (Phi) is 8.63. The largest absolute Gasteiger partial charge is 0.508 e. The summed E-state index contributed by atoms with van der Waals surface area (Å²) in [5, 5.41) is 22.9. The third kappa shape index (κ3) is 6.85. The highest BCUT2D eigenvalue weighted by atomic mass is 16.5. The smallest absolute Gasteiger partial charge is 0.326 e. The molecule has 4 aromatic carbocycles. The summed E-state index contributed by atoms with van der Waals surface area (Å²) in [6.45, 7) is 2.29. The van der Waals surface area contributed by atoms with Crippen molar-refractivity contribution in [1.29, 1.82) is 0 Å². The number of nitrogens with one attached hydrogen (secondary N) is 1. The van der Waals surface area contributed by atoms with Crippen LogP contribution in [0.15, 0.2) is 108 Å². The van der Waals surface area contributed by atoms with Crippen LogP contribution in [0.1, 0.15) is 32.9 Å². The molecule has 0 unspecified atom stereocenters. The second-order valence-corrected chi connectivity index (χ2v) is 9.79. The van der Waals surface area contributed by atoms with Crippen LogP contribution in [-0.4, -0.2) is 39.6 Å². The van der Waals surface area contributed by atoms with Crippen molar-refractivity contribution >= 4 is 17.4 Å². The molecule has 8 nitrogen and oxygen atoms in total. The normalized spacial score (nSPS) is 11.5. The maximum atomic E-state index is 13.1. The fourth-order valence-electron chi connectivity index (χ4n) is 4.57. The van der Waals surface area contributed by atoms with Gasteiger partial charge in [-0.3, -0.25) is 4.79 Å². The van der Waals surface area contributed by atoms with Crippen LogP contribution in [0.25, 0.3) is 11.5 Å². The molecule has 0 bridgehead atoms. The summed E-state index contributed by atoms with van der Waals surface area (Å²) in [4.78, 5) is 29.9. The molecule has 212 valence electrons. The molecule has 8 heteroatoms. The molecule has 3 N–H and O–H groups in total. The van der Waals surface area contributed by atoms with E-state index in [1.807, 2.05) is 49.4 Å². The van der Waals surface area contributed by atoms with E-state index in [1.165, 1.54) is 18.2 Å². The molecule has 0 spiro atoms. The Labute approximate surface area is 243 Å². The average Bonchev–Trinajstić information content (AvgIpc) is 3.39. The Balaban J connectivity index is 1.21. The Hall–Kier alpha value is -5.37. The molecule has 1 heterocycles. The maximum absolute atomic E-state index is 13.1. The predicted octanol–water partition coefficient (Wildman–Crippen LogP) is 6.32. The molecule has 5 aromatic rings. The van der Waals surface area contributed by atoms with Crippen molar-refractivity contribution in [3.05, 3.63) is 131 Å². The number of aryl methyl sites for hydroxylation is 1. The van der Waals surface area contributed by atoms with Crippen molar-refractivity contribution in [3.8, 4) is 23.0 Å². The fourth-order valence-corrected chi connectivity index (χ4v) is 4.57. The molecule has 0 aliphatic carbocycles. The molecule has 0 fully saturated rings. The van der Waals surface area contributed by atoms with Gasteiger partial charge in [-0.15, -0.1) is 0 Å². The van der Waals surface area contributed by atoms with Gasteiger partial charge in [-0.25, -0.2) is 9.78 Å². The van der Waals surface area contributed by atoms with Crippen LogP contribution in [0.3, 0.4) is 0 Å². The quantitative estimate of drug-likeness (QED) is 0.119. The van der Waals surface area contributed by atoms with Crippen LogP contribution in [0.5, 0.6) is 11.5 Å². The van der Waals surface area contributed by atoms with E-state index in [1.54, 1.807) is 42.5 Å². The third-order valence-corrected chi connectivity index (χ3v) is 6.80. The number of carbonyl (C=O) groups excluding carboxylic acids is 1. The van der Waals surface area contributed by atoms with Crippen molar-refractivity contribution in [1.82, 2.24) is 4.98 Å². The standard InChI is InChI=1S/C34H30N2O6/c1-22-29(36-33(42-22)25-10-6-3-7-11-25)18-19-41-27-15-12-23(13-16-27)20-31(34(39)40)35-30-17-14-26(37)21-28(30)32(38)24-8-4-2-5-9-24/h2-17,21,31,35,37H,18-20H2,1H3,(H,39,40)/t31-/m0/s1. The number of aromatic nitrogens is 1. The number of carboxylic acid groups (broad SMARTS) is 1. The number of anilines is 1. The van der Waals surface area contributed by atoms with Gasteiger partial charge < -0.3 is 24.7 Å². The molecule has 0 saturated carbocycles. The number of phenolic OH excluding ortho intramolecular Hbond substituents is 1. The third-order valence-electron chi connectivity index (χ3n) is 6.80. The number of hydrogen-bond acceptors (Lipinski definition) is 7. The topological polar surface area (TPSA) is 122 Å². The lowest BCUT2D eigenvalue weighted by molar-refractivity contribution is -0.137. The van der Waals surface area contributed by atoms with Crippen molar-refractivity contribution in [2.45, 2.75) is 25.8 Å². The minimum absolute atomic E-state index is 0.0855. The van der Waals surface area contributed by atoms with E-state index in [4.69, 9.17) is 9.15 Å². The number of nitrogens with zero attached hydrogens (tertiary/aromatic N) is 1. The van der Waals surface area contributed by atoms with Crippen molar-refractivity contribution in [3.63, 3.8) is 0 Å². The highest BCUT2D eigenvalue weighted by molar-refractivity contribution is 6.12. The molecule has 0 aliphatic rings. The number of ketones is 1. The number of aliphatic carboxylic acids is 1. The molecular formula is C34H30N2O6. The van der Waals surface area contributed by atoms with Gasteiger partial charge in [-0.2, -0.15) is 0 Å². The van der Waals surface area contributed by atoms with Crippen molar-refractivity contribution in [2.24, 2.45) is 0 Å². The molecule has 5 rings (SSSR count). The summed E-state index contributed by atoms with van der Waals surface area (Å²) in [5.41, 5.74) is 3.48. The Bertz CT molecular complexity index is 1660. The zero-order valence-electron chi connectivity index (χ0n) is 23.0. The number of ether oxygens (including phenoxy) is 1. The Morgan fingerprint density at radius 1 is 0.929 bits per heavy atom. The van der Waals surface area contributed by atoms with Gasteiger partial charge in [0.05, 0.1) is 12.3 Å². The van der Waals surface area contributed by atoms with E-state index in [0.29, 0.717) is 35.9 Å². The van der Waals surface area contributed by atoms with Gasteiger partial charge in [-0.05, 0) is 55.0 Å². The van der Waals surface area contributed by atoms with Crippen LogP contribution >= 0.6 is 0 Å². The van der Waals surface area contributed by atoms with Crippen LogP contribution in [-0.2, 0) is 17.6 Å². The molecule has 1 aromatic heterocycles. The molecule has 42 heavy (non-hydrogen) atoms. The summed E-state index contributed by atoms with van der Waals surface area (Å²) in [5.74, 6) is 0.506. The molecule has 0 saturated heterocycles. The lowest BCUT2D eigenvalue weighted by atomic mass is 10.00. The van der Waals surface area contributed by atoms with E-state index in [-0.39, 0.29) is 23.5 Å². The van der Waals surface area contributed by atoms with Crippen LogP contribution < -0.4 is 10.1 Å². The number of aromatic hydroxyl groups is 1. The van der Waals surface area contributed by atoms with Gasteiger partial charge in [0.15, 0.2) is 5.78 Å². The monoisotopic (exact) mass is 562 g/mol. The number of oxazole rings is 1. The SMILES string of the molecule is Cc1oc(-c2ccccc2)nc1CCOc1ccc(C[C@H](Nc2ccc(O)cc2C(=O)c2ccccc2)C(=O)O)cc1. The average molecular weight is 563 g/mol. The summed E-state index contributed by atoms with van der Waals surface area (Å²) >= 11 is 0. The first-order valence-electron chi connectivity index (χ1n) is 13.5. The van der Waals surface area contributed by atoms with Crippen LogP contribution in [0, 0.1) is 6.92 Å². The highest BCUT2D eigenvalue weighted by Crippen LogP contribution is 2.26. The number of carbonyl (C=O) groups is 2. The van der Waals surface area contributed by atoms with E-state index in [9.17, 15) is 19.8 Å². The molecule has 0 aliphatic heterocycles. The number of benzene rings is 4. The first kappa shape index (κ1) is 28.2. The number of hydrogen-bond donors (Lipinski definition) is 3. The minimum atomic E-state index is -1.07. The fraction of sp³-hybridized carbons (Fsp3) is 0.147. The van der Waals surface area contributed by atoms with E-state index in [2.05, 4.69) is 10.3 Å². The maximum Gasteiger partial charge on any atom is 0.326 e. The van der Waals surface area contributed by atoms with Gasteiger partial charge in [0.2, 0.25) is 5.89 Å². The molecular weight excluding hydrogens is 532 g/mol. The van der Waals surface area contributed by atoms with E-state index >= 15 is 0 Å². The highest BCUT2D eigenvalue weighted by Gasteiger charge is 2.22. The van der Waals surface area contributed by atoms with Gasteiger partial charge >= 0.3 is 5.97 Å². The first-order valence-corrected chi connectivity index (χ1v) is 13.5.